The highest BCUT2D eigenvalue weighted by molar-refractivity contribution is 4.80. The van der Waals surface area contributed by atoms with Crippen LogP contribution in [-0.4, -0.2) is 19.0 Å². The van der Waals surface area contributed by atoms with E-state index in [4.69, 9.17) is 9.47 Å². The molecule has 2 fully saturated rings. The molecule has 2 aliphatic carbocycles. The van der Waals surface area contributed by atoms with Gasteiger partial charge < -0.3 is 9.47 Å². The van der Waals surface area contributed by atoms with Gasteiger partial charge in [0.25, 0.3) is 0 Å². The van der Waals surface area contributed by atoms with Gasteiger partial charge in [-0.2, -0.15) is 0 Å². The van der Waals surface area contributed by atoms with Crippen molar-refractivity contribution in [1.82, 2.24) is 0 Å². The summed E-state index contributed by atoms with van der Waals surface area (Å²) in [6, 6.07) is 0. The van der Waals surface area contributed by atoms with E-state index in [2.05, 4.69) is 0 Å². The van der Waals surface area contributed by atoms with Crippen molar-refractivity contribution in [1.29, 1.82) is 0 Å². The van der Waals surface area contributed by atoms with Gasteiger partial charge in [0.1, 0.15) is 0 Å². The fourth-order valence-corrected chi connectivity index (χ4v) is 2.59. The largest absolute Gasteiger partial charge is 0.353 e. The van der Waals surface area contributed by atoms with Gasteiger partial charge in [0, 0.05) is 20.0 Å². The summed E-state index contributed by atoms with van der Waals surface area (Å²) in [4.78, 5) is 0. The van der Waals surface area contributed by atoms with Gasteiger partial charge in [-0.25, -0.2) is 0 Å². The van der Waals surface area contributed by atoms with E-state index in [1.807, 2.05) is 0 Å². The zero-order valence-corrected chi connectivity index (χ0v) is 8.55. The molecular weight excluding hydrogens is 164 g/mol. The molecule has 0 aromatic carbocycles. The zero-order valence-electron chi connectivity index (χ0n) is 8.55. The lowest BCUT2D eigenvalue weighted by atomic mass is 10.2. The first kappa shape index (κ1) is 9.47. The van der Waals surface area contributed by atoms with Crippen LogP contribution in [0.5, 0.6) is 0 Å². The molecule has 0 radical (unpaired) electrons. The van der Waals surface area contributed by atoms with Crippen molar-refractivity contribution in [2.75, 3.05) is 7.11 Å². The van der Waals surface area contributed by atoms with Crippen molar-refractivity contribution >= 4 is 0 Å². The van der Waals surface area contributed by atoms with Gasteiger partial charge in [-0.05, 0) is 25.7 Å². The van der Waals surface area contributed by atoms with Crippen molar-refractivity contribution in [2.45, 2.75) is 63.3 Å². The summed E-state index contributed by atoms with van der Waals surface area (Å²) >= 11 is 0. The maximum absolute atomic E-state index is 6.09. The second-order valence-corrected chi connectivity index (χ2v) is 4.35. The number of ether oxygens (including phenoxy) is 2. The predicted molar refractivity (Wildman–Crippen MR) is 51.5 cm³/mol. The predicted octanol–water partition coefficient (Wildman–Crippen LogP) is 2.86. The summed E-state index contributed by atoms with van der Waals surface area (Å²) in [5.74, 6) is -0.199. The van der Waals surface area contributed by atoms with E-state index < -0.39 is 0 Å². The van der Waals surface area contributed by atoms with E-state index in [1.54, 1.807) is 7.11 Å². The first-order chi connectivity index (χ1) is 6.35. The van der Waals surface area contributed by atoms with E-state index in [-0.39, 0.29) is 5.79 Å². The summed E-state index contributed by atoms with van der Waals surface area (Å²) < 4.78 is 11.6. The van der Waals surface area contributed by atoms with Gasteiger partial charge in [-0.15, -0.1) is 0 Å². The van der Waals surface area contributed by atoms with Gasteiger partial charge in [-0.3, -0.25) is 0 Å². The molecule has 0 spiro atoms. The molecule has 0 aromatic rings. The molecule has 0 amide bonds. The Morgan fingerprint density at radius 3 is 2.15 bits per heavy atom. The molecule has 0 aromatic heterocycles. The first-order valence-electron chi connectivity index (χ1n) is 5.58. The smallest absolute Gasteiger partial charge is 0.168 e. The van der Waals surface area contributed by atoms with Crippen LogP contribution in [0.2, 0.25) is 0 Å². The topological polar surface area (TPSA) is 18.5 Å². The lowest BCUT2D eigenvalue weighted by Crippen LogP contribution is -2.34. The minimum Gasteiger partial charge on any atom is -0.353 e. The van der Waals surface area contributed by atoms with Crippen LogP contribution >= 0.6 is 0 Å². The van der Waals surface area contributed by atoms with Crippen LogP contribution in [0.1, 0.15) is 51.4 Å². The molecule has 2 saturated carbocycles. The minimum absolute atomic E-state index is 0.199. The Kier molecular flexibility index (Phi) is 2.89. The molecule has 2 heteroatoms. The Balaban J connectivity index is 1.88. The molecule has 0 unspecified atom stereocenters. The maximum atomic E-state index is 6.09. The molecular formula is C11H20O2. The highest BCUT2D eigenvalue weighted by atomic mass is 16.7. The Hall–Kier alpha value is -0.0800. The maximum Gasteiger partial charge on any atom is 0.168 e. The molecule has 2 aliphatic rings. The monoisotopic (exact) mass is 184 g/mol. The first-order valence-corrected chi connectivity index (χ1v) is 5.58. The molecule has 0 bridgehead atoms. The third-order valence-electron chi connectivity index (χ3n) is 3.42. The number of methoxy groups -OCH3 is 1. The van der Waals surface area contributed by atoms with Gasteiger partial charge in [0.15, 0.2) is 5.79 Å². The number of hydrogen-bond donors (Lipinski definition) is 0. The lowest BCUT2D eigenvalue weighted by molar-refractivity contribution is -0.240. The quantitative estimate of drug-likeness (QED) is 0.628. The minimum atomic E-state index is -0.199. The molecule has 0 atom stereocenters. The summed E-state index contributed by atoms with van der Waals surface area (Å²) in [5, 5.41) is 0. The second-order valence-electron chi connectivity index (χ2n) is 4.35. The van der Waals surface area contributed by atoms with Gasteiger partial charge in [-0.1, -0.05) is 12.8 Å². The van der Waals surface area contributed by atoms with E-state index in [1.165, 1.54) is 38.5 Å². The lowest BCUT2D eigenvalue weighted by Gasteiger charge is -2.30. The van der Waals surface area contributed by atoms with Crippen LogP contribution in [0, 0.1) is 0 Å². The second kappa shape index (κ2) is 3.97. The molecule has 0 saturated heterocycles. The highest BCUT2D eigenvalue weighted by Crippen LogP contribution is 2.37. The van der Waals surface area contributed by atoms with E-state index >= 15 is 0 Å². The highest BCUT2D eigenvalue weighted by Gasteiger charge is 2.37. The van der Waals surface area contributed by atoms with Crippen LogP contribution in [0.4, 0.5) is 0 Å². The van der Waals surface area contributed by atoms with Crippen LogP contribution < -0.4 is 0 Å². The van der Waals surface area contributed by atoms with Crippen LogP contribution in [0.3, 0.4) is 0 Å². The van der Waals surface area contributed by atoms with Gasteiger partial charge in [0.2, 0.25) is 0 Å². The van der Waals surface area contributed by atoms with E-state index in [9.17, 15) is 0 Å². The van der Waals surface area contributed by atoms with Crippen molar-refractivity contribution in [3.63, 3.8) is 0 Å². The summed E-state index contributed by atoms with van der Waals surface area (Å²) in [7, 11) is 1.79. The summed E-state index contributed by atoms with van der Waals surface area (Å²) in [6.45, 7) is 0. The average Bonchev–Trinajstić information content (AvgIpc) is 2.77. The Morgan fingerprint density at radius 2 is 1.62 bits per heavy atom. The standard InChI is InChI=1S/C11H20O2/c1-12-11(8-4-5-9-11)13-10-6-2-3-7-10/h10H,2-9H2,1H3. The Bertz CT molecular complexity index is 155. The summed E-state index contributed by atoms with van der Waals surface area (Å²) in [5.41, 5.74) is 0. The third kappa shape index (κ3) is 2.05. The van der Waals surface area contributed by atoms with Crippen molar-refractivity contribution in [2.24, 2.45) is 0 Å². The fourth-order valence-electron chi connectivity index (χ4n) is 2.59. The molecule has 0 aliphatic heterocycles. The van der Waals surface area contributed by atoms with Crippen LogP contribution in [-0.2, 0) is 9.47 Å². The van der Waals surface area contributed by atoms with Gasteiger partial charge >= 0.3 is 0 Å². The number of hydrogen-bond acceptors (Lipinski definition) is 2. The molecule has 2 rings (SSSR count). The molecule has 2 nitrogen and oxygen atoms in total. The Labute approximate surface area is 80.6 Å². The zero-order chi connectivity index (χ0) is 9.15. The normalized spacial score (nSPS) is 28.4. The summed E-state index contributed by atoms with van der Waals surface area (Å²) in [6.07, 6.45) is 10.4. The average molecular weight is 184 g/mol. The molecule has 0 heterocycles. The third-order valence-corrected chi connectivity index (χ3v) is 3.42. The van der Waals surface area contributed by atoms with E-state index in [0.29, 0.717) is 6.10 Å². The number of rotatable bonds is 3. The van der Waals surface area contributed by atoms with Crippen LogP contribution in [0.25, 0.3) is 0 Å². The Morgan fingerprint density at radius 1 is 1.00 bits per heavy atom. The molecule has 76 valence electrons. The van der Waals surface area contributed by atoms with E-state index in [0.717, 1.165) is 12.8 Å². The van der Waals surface area contributed by atoms with Gasteiger partial charge in [0.05, 0.1) is 6.10 Å². The fraction of sp³-hybridized carbons (Fsp3) is 1.00. The molecule has 13 heavy (non-hydrogen) atoms. The van der Waals surface area contributed by atoms with Crippen molar-refractivity contribution < 1.29 is 9.47 Å². The van der Waals surface area contributed by atoms with Crippen molar-refractivity contribution in [3.05, 3.63) is 0 Å². The van der Waals surface area contributed by atoms with Crippen LogP contribution in [0.15, 0.2) is 0 Å². The van der Waals surface area contributed by atoms with Crippen molar-refractivity contribution in [3.8, 4) is 0 Å². The molecule has 0 N–H and O–H groups in total. The SMILES string of the molecule is COC1(OC2CCCC2)CCCC1.